The van der Waals surface area contributed by atoms with Crippen LogP contribution in [-0.2, 0) is 22.6 Å². The Balaban J connectivity index is 1.75. The number of aryl methyl sites for hydroxylation is 2. The molecule has 0 aliphatic carbocycles. The Kier molecular flexibility index (Phi) is 7.55. The maximum Gasteiger partial charge on any atom is 0.275 e. The van der Waals surface area contributed by atoms with Crippen LogP contribution in [0, 0.1) is 13.8 Å². The van der Waals surface area contributed by atoms with E-state index in [1.165, 1.54) is 11.1 Å². The number of quaternary nitrogens is 1. The second-order valence-electron chi connectivity index (χ2n) is 7.05. The van der Waals surface area contributed by atoms with Crippen LogP contribution in [0.25, 0.3) is 0 Å². The summed E-state index contributed by atoms with van der Waals surface area (Å²) in [6.07, 6.45) is 1.02. The molecule has 0 aliphatic rings. The van der Waals surface area contributed by atoms with Crippen molar-refractivity contribution in [3.63, 3.8) is 0 Å². The second kappa shape index (κ2) is 9.88. The molecule has 5 nitrogen and oxygen atoms in total. The lowest BCUT2D eigenvalue weighted by molar-refractivity contribution is -0.885. The smallest absolute Gasteiger partial charge is 0.275 e. The van der Waals surface area contributed by atoms with Gasteiger partial charge in [0.2, 0.25) is 5.91 Å². The molecule has 0 heterocycles. The van der Waals surface area contributed by atoms with E-state index in [2.05, 4.69) is 41.8 Å². The summed E-state index contributed by atoms with van der Waals surface area (Å²) in [4.78, 5) is 25.3. The lowest BCUT2D eigenvalue weighted by Crippen LogP contribution is -3.08. The highest BCUT2D eigenvalue weighted by Gasteiger charge is 2.12. The Morgan fingerprint density at radius 1 is 0.963 bits per heavy atom. The Bertz CT molecular complexity index is 785. The van der Waals surface area contributed by atoms with Crippen LogP contribution in [0.15, 0.2) is 42.5 Å². The standard InChI is InChI=1S/C22H29N3O2/c1-5-18-9-11-19(12-10-18)14-25(4)15-22(27)23-13-21(26)24-20-8-6-7-16(2)17(20)3/h6-12H,5,13-15H2,1-4H3,(H,23,27)(H,24,26)/p+1. The third-order valence-electron chi connectivity index (χ3n) is 4.72. The summed E-state index contributed by atoms with van der Waals surface area (Å²) in [5.41, 5.74) is 5.45. The van der Waals surface area contributed by atoms with Gasteiger partial charge in [-0.25, -0.2) is 0 Å². The molecule has 2 amide bonds. The average Bonchev–Trinajstić information content (AvgIpc) is 2.64. The van der Waals surface area contributed by atoms with Gasteiger partial charge in [-0.15, -0.1) is 0 Å². The number of carbonyl (C=O) groups is 2. The number of rotatable bonds is 8. The molecule has 0 spiro atoms. The summed E-state index contributed by atoms with van der Waals surface area (Å²) >= 11 is 0. The molecule has 2 rings (SSSR count). The molecule has 2 aromatic carbocycles. The van der Waals surface area contributed by atoms with Crippen LogP contribution < -0.4 is 15.5 Å². The zero-order valence-corrected chi connectivity index (χ0v) is 16.7. The van der Waals surface area contributed by atoms with E-state index in [-0.39, 0.29) is 18.4 Å². The quantitative estimate of drug-likeness (QED) is 0.663. The number of anilines is 1. The minimum absolute atomic E-state index is 0.0231. The summed E-state index contributed by atoms with van der Waals surface area (Å²) in [6.45, 7) is 7.17. The van der Waals surface area contributed by atoms with Crippen molar-refractivity contribution in [2.45, 2.75) is 33.7 Å². The van der Waals surface area contributed by atoms with Crippen LogP contribution in [0.4, 0.5) is 5.69 Å². The van der Waals surface area contributed by atoms with Crippen LogP contribution in [-0.4, -0.2) is 32.0 Å². The molecule has 1 atom stereocenters. The zero-order chi connectivity index (χ0) is 19.8. The first-order valence-electron chi connectivity index (χ1n) is 9.41. The molecule has 0 saturated carbocycles. The topological polar surface area (TPSA) is 62.6 Å². The van der Waals surface area contributed by atoms with Crippen molar-refractivity contribution in [2.24, 2.45) is 0 Å². The number of benzene rings is 2. The van der Waals surface area contributed by atoms with E-state index < -0.39 is 0 Å². The maximum atomic E-state index is 12.1. The molecular weight excluding hydrogens is 338 g/mol. The van der Waals surface area contributed by atoms with Gasteiger partial charge in [0.15, 0.2) is 6.54 Å². The largest absolute Gasteiger partial charge is 0.342 e. The van der Waals surface area contributed by atoms with E-state index in [0.29, 0.717) is 6.54 Å². The van der Waals surface area contributed by atoms with Gasteiger partial charge in [-0.2, -0.15) is 0 Å². The van der Waals surface area contributed by atoms with Gasteiger partial charge in [0.1, 0.15) is 6.54 Å². The van der Waals surface area contributed by atoms with E-state index in [1.54, 1.807) is 0 Å². The van der Waals surface area contributed by atoms with Gasteiger partial charge in [0, 0.05) is 11.3 Å². The van der Waals surface area contributed by atoms with Crippen molar-refractivity contribution >= 4 is 17.5 Å². The number of amides is 2. The number of carbonyl (C=O) groups excluding carboxylic acids is 2. The molecule has 0 fully saturated rings. The highest BCUT2D eigenvalue weighted by Crippen LogP contribution is 2.17. The number of hydrogen-bond donors (Lipinski definition) is 3. The van der Waals surface area contributed by atoms with Crippen molar-refractivity contribution < 1.29 is 14.5 Å². The van der Waals surface area contributed by atoms with Gasteiger partial charge in [-0.05, 0) is 43.0 Å². The molecular formula is C22H30N3O2+. The van der Waals surface area contributed by atoms with Gasteiger partial charge >= 0.3 is 0 Å². The summed E-state index contributed by atoms with van der Waals surface area (Å²) in [6, 6.07) is 14.2. The monoisotopic (exact) mass is 368 g/mol. The van der Waals surface area contributed by atoms with Crippen molar-refractivity contribution in [1.29, 1.82) is 0 Å². The zero-order valence-electron chi connectivity index (χ0n) is 16.7. The minimum atomic E-state index is -0.218. The third kappa shape index (κ3) is 6.53. The van der Waals surface area contributed by atoms with Gasteiger partial charge in [-0.1, -0.05) is 43.3 Å². The summed E-state index contributed by atoms with van der Waals surface area (Å²) < 4.78 is 0. The van der Waals surface area contributed by atoms with Crippen LogP contribution in [0.5, 0.6) is 0 Å². The van der Waals surface area contributed by atoms with Crippen LogP contribution >= 0.6 is 0 Å². The average molecular weight is 369 g/mol. The number of nitrogens with one attached hydrogen (secondary N) is 3. The summed E-state index contributed by atoms with van der Waals surface area (Å²) in [5.74, 6) is -0.348. The van der Waals surface area contributed by atoms with Gasteiger partial charge in [0.25, 0.3) is 5.91 Å². The number of likely N-dealkylation sites (N-methyl/N-ethyl adjacent to an activating group) is 1. The van der Waals surface area contributed by atoms with Crippen LogP contribution in [0.1, 0.15) is 29.2 Å². The lowest BCUT2D eigenvalue weighted by Gasteiger charge is -2.14. The maximum absolute atomic E-state index is 12.1. The van der Waals surface area contributed by atoms with Crippen LogP contribution in [0.2, 0.25) is 0 Å². The lowest BCUT2D eigenvalue weighted by atomic mass is 10.1. The molecule has 5 heteroatoms. The molecule has 3 N–H and O–H groups in total. The molecule has 1 unspecified atom stereocenters. The molecule has 0 saturated heterocycles. The molecule has 0 aliphatic heterocycles. The molecule has 0 radical (unpaired) electrons. The Morgan fingerprint density at radius 3 is 2.30 bits per heavy atom. The Labute approximate surface area is 161 Å². The predicted octanol–water partition coefficient (Wildman–Crippen LogP) is 1.64. The molecule has 27 heavy (non-hydrogen) atoms. The van der Waals surface area contributed by atoms with Crippen molar-refractivity contribution in [3.8, 4) is 0 Å². The first-order chi connectivity index (χ1) is 12.9. The summed E-state index contributed by atoms with van der Waals surface area (Å²) in [5, 5.41) is 5.55. The SMILES string of the molecule is CCc1ccc(C[NH+](C)CC(=O)NCC(=O)Nc2cccc(C)c2C)cc1. The third-order valence-corrected chi connectivity index (χ3v) is 4.72. The highest BCUT2D eigenvalue weighted by atomic mass is 16.2. The Morgan fingerprint density at radius 2 is 1.63 bits per heavy atom. The first kappa shape index (κ1) is 20.6. The Hall–Kier alpha value is -2.66. The highest BCUT2D eigenvalue weighted by molar-refractivity contribution is 5.95. The molecule has 144 valence electrons. The summed E-state index contributed by atoms with van der Waals surface area (Å²) in [7, 11) is 1.98. The van der Waals surface area contributed by atoms with E-state index in [9.17, 15) is 9.59 Å². The molecule has 2 aromatic rings. The van der Waals surface area contributed by atoms with Gasteiger partial charge in [0.05, 0.1) is 13.6 Å². The minimum Gasteiger partial charge on any atom is -0.342 e. The predicted molar refractivity (Wildman–Crippen MR) is 109 cm³/mol. The van der Waals surface area contributed by atoms with Crippen molar-refractivity contribution in [1.82, 2.24) is 5.32 Å². The fourth-order valence-corrected chi connectivity index (χ4v) is 2.90. The van der Waals surface area contributed by atoms with E-state index in [1.807, 2.05) is 39.1 Å². The second-order valence-corrected chi connectivity index (χ2v) is 7.05. The molecule has 0 aromatic heterocycles. The van der Waals surface area contributed by atoms with Crippen LogP contribution in [0.3, 0.4) is 0 Å². The van der Waals surface area contributed by atoms with E-state index >= 15 is 0 Å². The number of hydrogen-bond acceptors (Lipinski definition) is 2. The van der Waals surface area contributed by atoms with E-state index in [4.69, 9.17) is 0 Å². The van der Waals surface area contributed by atoms with Crippen molar-refractivity contribution in [2.75, 3.05) is 25.5 Å². The van der Waals surface area contributed by atoms with Gasteiger partial charge < -0.3 is 15.5 Å². The fraction of sp³-hybridized carbons (Fsp3) is 0.364. The fourth-order valence-electron chi connectivity index (χ4n) is 2.90. The van der Waals surface area contributed by atoms with Gasteiger partial charge in [-0.3, -0.25) is 9.59 Å². The van der Waals surface area contributed by atoms with E-state index in [0.717, 1.165) is 34.7 Å². The van der Waals surface area contributed by atoms with Crippen molar-refractivity contribution in [3.05, 3.63) is 64.7 Å². The molecule has 0 bridgehead atoms. The normalized spacial score (nSPS) is 11.7. The first-order valence-corrected chi connectivity index (χ1v) is 9.41.